The van der Waals surface area contributed by atoms with E-state index in [0.29, 0.717) is 5.56 Å². The van der Waals surface area contributed by atoms with Gasteiger partial charge < -0.3 is 15.1 Å². The highest BCUT2D eigenvalue weighted by atomic mass is 16.2. The van der Waals surface area contributed by atoms with Crippen LogP contribution >= 0.6 is 0 Å². The molecule has 5 heteroatoms. The number of nitrogens with one attached hydrogen (secondary N) is 1. The summed E-state index contributed by atoms with van der Waals surface area (Å²) in [7, 11) is 3.44. The van der Waals surface area contributed by atoms with E-state index in [9.17, 15) is 9.59 Å². The van der Waals surface area contributed by atoms with Gasteiger partial charge in [-0.25, -0.2) is 0 Å². The van der Waals surface area contributed by atoms with Gasteiger partial charge in [0, 0.05) is 37.6 Å². The Morgan fingerprint density at radius 1 is 1.12 bits per heavy atom. The highest BCUT2D eigenvalue weighted by Gasteiger charge is 2.23. The average molecular weight is 323 g/mol. The zero-order chi connectivity index (χ0) is 17.1. The maximum absolute atomic E-state index is 12.5. The Morgan fingerprint density at radius 2 is 1.92 bits per heavy atom. The van der Waals surface area contributed by atoms with Gasteiger partial charge in [-0.1, -0.05) is 24.3 Å². The number of fused-ring (bicyclic) bond motifs is 1. The van der Waals surface area contributed by atoms with Gasteiger partial charge in [0.05, 0.1) is 6.54 Å². The normalized spacial score (nSPS) is 12.7. The lowest BCUT2D eigenvalue weighted by Crippen LogP contribution is -2.34. The summed E-state index contributed by atoms with van der Waals surface area (Å²) in [5.74, 6) is -0.0252. The molecule has 3 rings (SSSR count). The molecule has 0 aliphatic carbocycles. The van der Waals surface area contributed by atoms with Crippen LogP contribution < -0.4 is 10.2 Å². The minimum atomic E-state index is -0.0570. The number of carbonyl (C=O) groups excluding carboxylic acids is 2. The monoisotopic (exact) mass is 323 g/mol. The van der Waals surface area contributed by atoms with Gasteiger partial charge in [-0.05, 0) is 36.2 Å². The maximum Gasteiger partial charge on any atom is 0.253 e. The largest absolute Gasteiger partial charge is 0.376 e. The molecule has 1 aliphatic heterocycles. The van der Waals surface area contributed by atoms with Gasteiger partial charge in [-0.15, -0.1) is 0 Å². The molecule has 0 fully saturated rings. The van der Waals surface area contributed by atoms with Crippen molar-refractivity contribution in [1.82, 2.24) is 4.90 Å². The molecular weight excluding hydrogens is 302 g/mol. The van der Waals surface area contributed by atoms with Gasteiger partial charge in [0.2, 0.25) is 5.91 Å². The van der Waals surface area contributed by atoms with E-state index in [2.05, 4.69) is 11.4 Å². The Morgan fingerprint density at radius 3 is 2.71 bits per heavy atom. The molecule has 0 unspecified atom stereocenters. The van der Waals surface area contributed by atoms with Crippen molar-refractivity contribution in [1.29, 1.82) is 0 Å². The summed E-state index contributed by atoms with van der Waals surface area (Å²) in [6.45, 7) is 0.924. The fourth-order valence-electron chi connectivity index (χ4n) is 2.89. The molecule has 0 bridgehead atoms. The molecule has 5 nitrogen and oxygen atoms in total. The number of benzene rings is 2. The average Bonchev–Trinajstić information content (AvgIpc) is 3.03. The number of amides is 2. The molecule has 124 valence electrons. The summed E-state index contributed by atoms with van der Waals surface area (Å²) in [6.07, 6.45) is 0.898. The fraction of sp³-hybridized carbons (Fsp3) is 0.263. The van der Waals surface area contributed by atoms with Crippen molar-refractivity contribution in [2.45, 2.75) is 6.42 Å². The molecule has 0 saturated heterocycles. The van der Waals surface area contributed by atoms with E-state index in [1.165, 1.54) is 10.5 Å². The lowest BCUT2D eigenvalue weighted by atomic mass is 10.2. The number of para-hydroxylation sites is 1. The Balaban J connectivity index is 1.65. The molecule has 1 N–H and O–H groups in total. The summed E-state index contributed by atoms with van der Waals surface area (Å²) >= 11 is 0. The smallest absolute Gasteiger partial charge is 0.253 e. The number of anilines is 2. The minimum Gasteiger partial charge on any atom is -0.376 e. The molecule has 1 aliphatic rings. The SMILES string of the molecule is CN(C)C(=O)c1cccc(NCC(=O)N2CCc3ccccc32)c1. The van der Waals surface area contributed by atoms with Crippen LogP contribution in [-0.4, -0.2) is 43.9 Å². The minimum absolute atomic E-state index is 0.0317. The maximum atomic E-state index is 12.5. The fourth-order valence-corrected chi connectivity index (χ4v) is 2.89. The Labute approximate surface area is 141 Å². The van der Waals surface area contributed by atoms with Gasteiger partial charge in [0.1, 0.15) is 0 Å². The number of hydrogen-bond acceptors (Lipinski definition) is 3. The first kappa shape index (κ1) is 16.1. The first-order chi connectivity index (χ1) is 11.6. The topological polar surface area (TPSA) is 52.7 Å². The first-order valence-electron chi connectivity index (χ1n) is 8.00. The van der Waals surface area contributed by atoms with E-state index in [-0.39, 0.29) is 18.4 Å². The third kappa shape index (κ3) is 3.25. The highest BCUT2D eigenvalue weighted by Crippen LogP contribution is 2.27. The van der Waals surface area contributed by atoms with Crippen molar-refractivity contribution in [3.05, 3.63) is 59.7 Å². The lowest BCUT2D eigenvalue weighted by Gasteiger charge is -2.18. The number of nitrogens with zero attached hydrogens (tertiary/aromatic N) is 2. The van der Waals surface area contributed by atoms with Gasteiger partial charge in [-0.2, -0.15) is 0 Å². The van der Waals surface area contributed by atoms with Crippen LogP contribution in [0.2, 0.25) is 0 Å². The third-order valence-electron chi connectivity index (χ3n) is 4.15. The van der Waals surface area contributed by atoms with Crippen LogP contribution in [0.4, 0.5) is 11.4 Å². The van der Waals surface area contributed by atoms with Crippen LogP contribution in [0.15, 0.2) is 48.5 Å². The molecule has 2 aromatic rings. The van der Waals surface area contributed by atoms with Crippen molar-refractivity contribution < 1.29 is 9.59 Å². The van der Waals surface area contributed by atoms with E-state index in [0.717, 1.165) is 24.3 Å². The van der Waals surface area contributed by atoms with Crippen molar-refractivity contribution in [2.24, 2.45) is 0 Å². The van der Waals surface area contributed by atoms with E-state index in [1.54, 1.807) is 26.2 Å². The van der Waals surface area contributed by atoms with E-state index in [1.807, 2.05) is 35.2 Å². The number of hydrogen-bond donors (Lipinski definition) is 1. The van der Waals surface area contributed by atoms with Crippen LogP contribution in [0.5, 0.6) is 0 Å². The van der Waals surface area contributed by atoms with Gasteiger partial charge in [0.15, 0.2) is 0 Å². The molecule has 2 aromatic carbocycles. The zero-order valence-electron chi connectivity index (χ0n) is 14.0. The second kappa shape index (κ2) is 6.74. The van der Waals surface area contributed by atoms with Gasteiger partial charge >= 0.3 is 0 Å². The molecule has 0 spiro atoms. The summed E-state index contributed by atoms with van der Waals surface area (Å²) in [6, 6.07) is 15.2. The third-order valence-corrected chi connectivity index (χ3v) is 4.15. The Bertz CT molecular complexity index is 771. The highest BCUT2D eigenvalue weighted by molar-refractivity contribution is 5.98. The quantitative estimate of drug-likeness (QED) is 0.940. The molecule has 0 saturated carbocycles. The Kier molecular flexibility index (Phi) is 4.51. The van der Waals surface area contributed by atoms with Crippen LogP contribution in [0, 0.1) is 0 Å². The summed E-state index contributed by atoms with van der Waals surface area (Å²) in [4.78, 5) is 27.9. The van der Waals surface area contributed by atoms with Crippen LogP contribution in [0.1, 0.15) is 15.9 Å². The molecule has 0 atom stereocenters. The van der Waals surface area contributed by atoms with E-state index < -0.39 is 0 Å². The first-order valence-corrected chi connectivity index (χ1v) is 8.00. The van der Waals surface area contributed by atoms with Crippen molar-refractivity contribution in [3.63, 3.8) is 0 Å². The van der Waals surface area contributed by atoms with Crippen molar-refractivity contribution in [2.75, 3.05) is 37.4 Å². The van der Waals surface area contributed by atoms with Crippen LogP contribution in [0.3, 0.4) is 0 Å². The number of rotatable bonds is 4. The predicted octanol–water partition coefficient (Wildman–Crippen LogP) is 2.39. The summed E-state index contributed by atoms with van der Waals surface area (Å²) in [5.41, 5.74) is 3.58. The van der Waals surface area contributed by atoms with Gasteiger partial charge in [-0.3, -0.25) is 9.59 Å². The van der Waals surface area contributed by atoms with E-state index >= 15 is 0 Å². The molecule has 2 amide bonds. The molecule has 0 radical (unpaired) electrons. The summed E-state index contributed by atoms with van der Waals surface area (Å²) in [5, 5.41) is 3.12. The van der Waals surface area contributed by atoms with Gasteiger partial charge in [0.25, 0.3) is 5.91 Å². The lowest BCUT2D eigenvalue weighted by molar-refractivity contribution is -0.116. The van der Waals surface area contributed by atoms with E-state index in [4.69, 9.17) is 0 Å². The molecule has 24 heavy (non-hydrogen) atoms. The van der Waals surface area contributed by atoms with Crippen LogP contribution in [0.25, 0.3) is 0 Å². The zero-order valence-corrected chi connectivity index (χ0v) is 14.0. The predicted molar refractivity (Wildman–Crippen MR) is 95.4 cm³/mol. The number of carbonyl (C=O) groups is 2. The van der Waals surface area contributed by atoms with Crippen molar-refractivity contribution >= 4 is 23.2 Å². The second-order valence-corrected chi connectivity index (χ2v) is 6.06. The standard InChI is InChI=1S/C19H21N3O2/c1-21(2)19(24)15-7-5-8-16(12-15)20-13-18(23)22-11-10-14-6-3-4-9-17(14)22/h3-9,12,20H,10-11,13H2,1-2H3. The summed E-state index contributed by atoms with van der Waals surface area (Å²) < 4.78 is 0. The Hall–Kier alpha value is -2.82. The second-order valence-electron chi connectivity index (χ2n) is 6.06. The van der Waals surface area contributed by atoms with Crippen LogP contribution in [-0.2, 0) is 11.2 Å². The molecular formula is C19H21N3O2. The molecule has 0 aromatic heterocycles. The molecule has 1 heterocycles. The van der Waals surface area contributed by atoms with Crippen molar-refractivity contribution in [3.8, 4) is 0 Å².